The molecule has 0 unspecified atom stereocenters. The minimum absolute atomic E-state index is 0.115. The van der Waals surface area contributed by atoms with Gasteiger partial charge in [0, 0.05) is 44.8 Å². The summed E-state index contributed by atoms with van der Waals surface area (Å²) in [6.07, 6.45) is 4.34. The molecule has 0 aliphatic carbocycles. The van der Waals surface area contributed by atoms with Crippen molar-refractivity contribution in [2.75, 3.05) is 31.1 Å². The number of nitrogens with zero attached hydrogens (tertiary/aromatic N) is 4. The lowest BCUT2D eigenvalue weighted by Crippen LogP contribution is -2.49. The summed E-state index contributed by atoms with van der Waals surface area (Å²) in [6.45, 7) is 2.32. The quantitative estimate of drug-likeness (QED) is 0.911. The first-order valence-corrected chi connectivity index (χ1v) is 7.77. The van der Waals surface area contributed by atoms with Gasteiger partial charge in [-0.1, -0.05) is 11.6 Å². The third-order valence-corrected chi connectivity index (χ3v) is 4.19. The topological polar surface area (TPSA) is 86.6 Å². The van der Waals surface area contributed by atoms with E-state index in [9.17, 15) is 9.59 Å². The second-order valence-electron chi connectivity index (χ2n) is 5.34. The number of halogens is 1. The molecule has 1 fully saturated rings. The molecule has 124 valence electrons. The van der Waals surface area contributed by atoms with E-state index in [-0.39, 0.29) is 11.5 Å². The van der Waals surface area contributed by atoms with E-state index in [4.69, 9.17) is 16.7 Å². The molecule has 2 aromatic rings. The Kier molecular flexibility index (Phi) is 4.61. The van der Waals surface area contributed by atoms with Gasteiger partial charge in [-0.05, 0) is 18.2 Å². The first-order chi connectivity index (χ1) is 11.6. The summed E-state index contributed by atoms with van der Waals surface area (Å²) in [4.78, 5) is 35.2. The molecule has 24 heavy (non-hydrogen) atoms. The number of piperazine rings is 1. The number of hydrogen-bond donors (Lipinski definition) is 1. The number of amides is 1. The van der Waals surface area contributed by atoms with Gasteiger partial charge < -0.3 is 14.9 Å². The van der Waals surface area contributed by atoms with Gasteiger partial charge in [0.25, 0.3) is 5.91 Å². The third kappa shape index (κ3) is 3.30. The van der Waals surface area contributed by atoms with Crippen LogP contribution in [0.2, 0.25) is 5.02 Å². The van der Waals surface area contributed by atoms with Gasteiger partial charge in [-0.15, -0.1) is 0 Å². The first-order valence-electron chi connectivity index (χ1n) is 7.39. The monoisotopic (exact) mass is 346 g/mol. The number of aromatic nitrogens is 2. The SMILES string of the molecule is O=C(O)c1ccc(N2CCN(C(=O)c3ccncc3Cl)CC2)nc1. The van der Waals surface area contributed by atoms with E-state index in [2.05, 4.69) is 9.97 Å². The fourth-order valence-electron chi connectivity index (χ4n) is 2.56. The Labute approximate surface area is 143 Å². The largest absolute Gasteiger partial charge is 0.478 e. The normalized spacial score (nSPS) is 14.5. The fourth-order valence-corrected chi connectivity index (χ4v) is 2.76. The van der Waals surface area contributed by atoms with Crippen LogP contribution in [0.5, 0.6) is 0 Å². The predicted molar refractivity (Wildman–Crippen MR) is 88.6 cm³/mol. The van der Waals surface area contributed by atoms with Crippen molar-refractivity contribution in [1.29, 1.82) is 0 Å². The number of carboxylic acid groups (broad SMARTS) is 1. The van der Waals surface area contributed by atoms with E-state index < -0.39 is 5.97 Å². The van der Waals surface area contributed by atoms with Crippen molar-refractivity contribution in [3.05, 3.63) is 52.9 Å². The Bertz CT molecular complexity index is 758. The standard InChI is InChI=1S/C16H15ClN4O3/c17-13-10-18-4-3-12(13)15(22)21-7-5-20(6-8-21)14-2-1-11(9-19-14)16(23)24/h1-4,9-10H,5-8H2,(H,23,24). The molecule has 0 atom stereocenters. The molecule has 3 heterocycles. The summed E-state index contributed by atoms with van der Waals surface area (Å²) < 4.78 is 0. The summed E-state index contributed by atoms with van der Waals surface area (Å²) in [5.74, 6) is -0.413. The minimum atomic E-state index is -1.00. The number of pyridine rings is 2. The van der Waals surface area contributed by atoms with E-state index in [1.54, 1.807) is 23.2 Å². The number of hydrogen-bond acceptors (Lipinski definition) is 5. The van der Waals surface area contributed by atoms with Gasteiger partial charge in [-0.25, -0.2) is 9.78 Å². The van der Waals surface area contributed by atoms with Gasteiger partial charge in [0.05, 0.1) is 16.1 Å². The van der Waals surface area contributed by atoms with E-state index in [1.165, 1.54) is 18.5 Å². The number of aromatic carboxylic acids is 1. The second kappa shape index (κ2) is 6.84. The van der Waals surface area contributed by atoms with Gasteiger partial charge in [-0.3, -0.25) is 9.78 Å². The molecule has 1 aliphatic heterocycles. The lowest BCUT2D eigenvalue weighted by Gasteiger charge is -2.35. The number of carbonyl (C=O) groups excluding carboxylic acids is 1. The van der Waals surface area contributed by atoms with Crippen molar-refractivity contribution in [1.82, 2.24) is 14.9 Å². The molecule has 7 nitrogen and oxygen atoms in total. The number of rotatable bonds is 3. The van der Waals surface area contributed by atoms with Crippen molar-refractivity contribution in [2.45, 2.75) is 0 Å². The highest BCUT2D eigenvalue weighted by Crippen LogP contribution is 2.19. The predicted octanol–water partition coefficient (Wildman–Crippen LogP) is 1.79. The van der Waals surface area contributed by atoms with Gasteiger partial charge in [-0.2, -0.15) is 0 Å². The molecule has 0 saturated carbocycles. The van der Waals surface area contributed by atoms with Crippen molar-refractivity contribution in [2.24, 2.45) is 0 Å². The van der Waals surface area contributed by atoms with Crippen molar-refractivity contribution >= 4 is 29.3 Å². The zero-order valence-electron chi connectivity index (χ0n) is 12.7. The molecule has 0 bridgehead atoms. The zero-order chi connectivity index (χ0) is 17.1. The Morgan fingerprint density at radius 2 is 1.83 bits per heavy atom. The Hall–Kier alpha value is -2.67. The van der Waals surface area contributed by atoms with Gasteiger partial charge in [0.2, 0.25) is 0 Å². The van der Waals surface area contributed by atoms with Crippen molar-refractivity contribution < 1.29 is 14.7 Å². The second-order valence-corrected chi connectivity index (χ2v) is 5.75. The Morgan fingerprint density at radius 3 is 2.42 bits per heavy atom. The van der Waals surface area contributed by atoms with Crippen LogP contribution in [0, 0.1) is 0 Å². The average molecular weight is 347 g/mol. The van der Waals surface area contributed by atoms with Crippen molar-refractivity contribution in [3.63, 3.8) is 0 Å². The first kappa shape index (κ1) is 16.2. The van der Waals surface area contributed by atoms with Gasteiger partial charge in [0.1, 0.15) is 5.82 Å². The zero-order valence-corrected chi connectivity index (χ0v) is 13.5. The summed E-state index contributed by atoms with van der Waals surface area (Å²) in [6, 6.07) is 4.82. The molecule has 0 radical (unpaired) electrons. The fraction of sp³-hybridized carbons (Fsp3) is 0.250. The molecule has 0 spiro atoms. The van der Waals surface area contributed by atoms with Crippen LogP contribution in [0.25, 0.3) is 0 Å². The molecule has 3 rings (SSSR count). The molecular weight excluding hydrogens is 332 g/mol. The molecule has 2 aromatic heterocycles. The highest BCUT2D eigenvalue weighted by molar-refractivity contribution is 6.33. The van der Waals surface area contributed by atoms with Crippen LogP contribution in [-0.4, -0.2) is 58.0 Å². The Balaban J connectivity index is 1.64. The van der Waals surface area contributed by atoms with Crippen LogP contribution in [-0.2, 0) is 0 Å². The molecule has 8 heteroatoms. The van der Waals surface area contributed by atoms with E-state index in [0.717, 1.165) is 0 Å². The summed E-state index contributed by atoms with van der Waals surface area (Å²) in [5, 5.41) is 9.24. The maximum absolute atomic E-state index is 12.5. The lowest BCUT2D eigenvalue weighted by molar-refractivity contribution is 0.0694. The number of carboxylic acids is 1. The lowest BCUT2D eigenvalue weighted by atomic mass is 10.2. The molecule has 1 aliphatic rings. The number of anilines is 1. The maximum atomic E-state index is 12.5. The van der Waals surface area contributed by atoms with Crippen LogP contribution < -0.4 is 4.90 Å². The van der Waals surface area contributed by atoms with Gasteiger partial charge >= 0.3 is 5.97 Å². The van der Waals surface area contributed by atoms with E-state index in [0.29, 0.717) is 42.6 Å². The molecule has 1 N–H and O–H groups in total. The summed E-state index contributed by atoms with van der Waals surface area (Å²) in [5.41, 5.74) is 0.601. The highest BCUT2D eigenvalue weighted by Gasteiger charge is 2.24. The van der Waals surface area contributed by atoms with E-state index >= 15 is 0 Å². The molecular formula is C16H15ClN4O3. The average Bonchev–Trinajstić information content (AvgIpc) is 2.62. The summed E-state index contributed by atoms with van der Waals surface area (Å²) >= 11 is 6.02. The number of carbonyl (C=O) groups is 2. The Morgan fingerprint density at radius 1 is 1.08 bits per heavy atom. The molecule has 1 amide bonds. The van der Waals surface area contributed by atoms with Crippen LogP contribution in [0.3, 0.4) is 0 Å². The smallest absolute Gasteiger partial charge is 0.337 e. The van der Waals surface area contributed by atoms with Crippen LogP contribution in [0.15, 0.2) is 36.8 Å². The van der Waals surface area contributed by atoms with Gasteiger partial charge in [0.15, 0.2) is 0 Å². The van der Waals surface area contributed by atoms with E-state index in [1.807, 2.05) is 4.90 Å². The molecule has 0 aromatic carbocycles. The highest BCUT2D eigenvalue weighted by atomic mass is 35.5. The van der Waals surface area contributed by atoms with Crippen LogP contribution >= 0.6 is 11.6 Å². The molecule has 1 saturated heterocycles. The van der Waals surface area contributed by atoms with Crippen LogP contribution in [0.1, 0.15) is 20.7 Å². The minimum Gasteiger partial charge on any atom is -0.478 e. The maximum Gasteiger partial charge on any atom is 0.337 e. The third-order valence-electron chi connectivity index (χ3n) is 3.89. The summed E-state index contributed by atoms with van der Waals surface area (Å²) in [7, 11) is 0. The van der Waals surface area contributed by atoms with Crippen LogP contribution in [0.4, 0.5) is 5.82 Å². The van der Waals surface area contributed by atoms with Crippen molar-refractivity contribution in [3.8, 4) is 0 Å².